The summed E-state index contributed by atoms with van der Waals surface area (Å²) >= 11 is 1.73. The molecule has 86 valence electrons. The molecule has 2 rings (SSSR count). The van der Waals surface area contributed by atoms with E-state index in [1.54, 1.807) is 11.8 Å². The number of hydrogen-bond donors (Lipinski definition) is 0. The molecule has 1 aromatic rings. The minimum atomic E-state index is -0.209. The predicted octanol–water partition coefficient (Wildman–Crippen LogP) is 3.93. The Kier molecular flexibility index (Phi) is 3.38. The van der Waals surface area contributed by atoms with E-state index >= 15 is 0 Å². The maximum Gasteiger partial charge on any atom is 0.151 e. The van der Waals surface area contributed by atoms with Gasteiger partial charge in [-0.2, -0.15) is 0 Å². The van der Waals surface area contributed by atoms with Gasteiger partial charge in [-0.15, -0.1) is 11.8 Å². The number of carbonyl (C=O) groups excluding carboxylic acids is 1. The maximum absolute atomic E-state index is 12.2. The molecular formula is C14H18OS. The molecule has 1 aliphatic rings. The number of benzene rings is 1. The van der Waals surface area contributed by atoms with E-state index in [1.165, 1.54) is 11.3 Å². The number of hydrogen-bond acceptors (Lipinski definition) is 2. The number of thioether (sulfide) groups is 1. The van der Waals surface area contributed by atoms with Gasteiger partial charge in [-0.05, 0) is 31.9 Å². The van der Waals surface area contributed by atoms with Crippen molar-refractivity contribution in [3.63, 3.8) is 0 Å². The zero-order valence-corrected chi connectivity index (χ0v) is 10.7. The van der Waals surface area contributed by atoms with Gasteiger partial charge in [0.15, 0.2) is 5.78 Å². The van der Waals surface area contributed by atoms with Crippen molar-refractivity contribution in [2.24, 2.45) is 5.92 Å². The van der Waals surface area contributed by atoms with Crippen molar-refractivity contribution in [1.82, 2.24) is 0 Å². The van der Waals surface area contributed by atoms with E-state index in [9.17, 15) is 4.79 Å². The second-order valence-corrected chi connectivity index (χ2v) is 6.38. The molecule has 0 spiro atoms. The van der Waals surface area contributed by atoms with Gasteiger partial charge in [0.2, 0.25) is 0 Å². The Morgan fingerprint density at radius 1 is 1.31 bits per heavy atom. The zero-order chi connectivity index (χ0) is 11.6. The highest BCUT2D eigenvalue weighted by Crippen LogP contribution is 2.42. The summed E-state index contributed by atoms with van der Waals surface area (Å²) < 4.78 is -0.209. The van der Waals surface area contributed by atoms with Crippen LogP contribution in [0.15, 0.2) is 35.2 Å². The van der Waals surface area contributed by atoms with Crippen LogP contribution in [0.3, 0.4) is 0 Å². The summed E-state index contributed by atoms with van der Waals surface area (Å²) in [5, 5.41) is 0. The number of rotatable bonds is 2. The van der Waals surface area contributed by atoms with E-state index in [0.717, 1.165) is 12.8 Å². The van der Waals surface area contributed by atoms with E-state index in [4.69, 9.17) is 0 Å². The van der Waals surface area contributed by atoms with Crippen LogP contribution < -0.4 is 0 Å². The average Bonchev–Trinajstić information content (AvgIpc) is 2.27. The van der Waals surface area contributed by atoms with Crippen molar-refractivity contribution in [2.45, 2.75) is 42.8 Å². The van der Waals surface area contributed by atoms with Gasteiger partial charge in [-0.3, -0.25) is 4.79 Å². The molecule has 0 radical (unpaired) electrons. The minimum Gasteiger partial charge on any atom is -0.298 e. The van der Waals surface area contributed by atoms with Gasteiger partial charge in [-0.1, -0.05) is 31.5 Å². The van der Waals surface area contributed by atoms with Crippen molar-refractivity contribution in [3.05, 3.63) is 30.3 Å². The second kappa shape index (κ2) is 4.62. The van der Waals surface area contributed by atoms with Gasteiger partial charge in [-0.25, -0.2) is 0 Å². The van der Waals surface area contributed by atoms with Crippen LogP contribution in [0.2, 0.25) is 0 Å². The Morgan fingerprint density at radius 2 is 2.00 bits per heavy atom. The molecule has 0 amide bonds. The monoisotopic (exact) mass is 234 g/mol. The predicted molar refractivity (Wildman–Crippen MR) is 68.7 cm³/mol. The van der Waals surface area contributed by atoms with Crippen LogP contribution >= 0.6 is 11.8 Å². The molecule has 0 unspecified atom stereocenters. The van der Waals surface area contributed by atoms with Gasteiger partial charge in [0.1, 0.15) is 0 Å². The summed E-state index contributed by atoms with van der Waals surface area (Å²) in [4.78, 5) is 13.4. The first kappa shape index (κ1) is 11.7. The molecule has 0 aliphatic heterocycles. The van der Waals surface area contributed by atoms with Crippen molar-refractivity contribution in [2.75, 3.05) is 0 Å². The summed E-state index contributed by atoms with van der Waals surface area (Å²) in [5.41, 5.74) is 0. The van der Waals surface area contributed by atoms with Gasteiger partial charge in [0, 0.05) is 10.8 Å². The maximum atomic E-state index is 12.2. The smallest absolute Gasteiger partial charge is 0.151 e. The van der Waals surface area contributed by atoms with Crippen LogP contribution in [0.25, 0.3) is 0 Å². The Labute approximate surface area is 102 Å². The molecule has 0 bridgehead atoms. The van der Waals surface area contributed by atoms with Crippen LogP contribution in [0.1, 0.15) is 33.1 Å². The quantitative estimate of drug-likeness (QED) is 0.771. The Hall–Kier alpha value is -0.760. The van der Waals surface area contributed by atoms with Crippen molar-refractivity contribution in [1.29, 1.82) is 0 Å². The molecule has 2 heteroatoms. The van der Waals surface area contributed by atoms with E-state index in [0.29, 0.717) is 5.78 Å². The second-order valence-electron chi connectivity index (χ2n) is 4.80. The molecule has 16 heavy (non-hydrogen) atoms. The SMILES string of the molecule is C[C@@H]1CCC[C@](C)(Sc2ccccc2)C1=O. The summed E-state index contributed by atoms with van der Waals surface area (Å²) in [6, 6.07) is 10.2. The van der Waals surface area contributed by atoms with E-state index in [2.05, 4.69) is 26.0 Å². The topological polar surface area (TPSA) is 17.1 Å². The molecular weight excluding hydrogens is 216 g/mol. The fourth-order valence-corrected chi connectivity index (χ4v) is 3.73. The number of ketones is 1. The molecule has 1 aliphatic carbocycles. The highest BCUT2D eigenvalue weighted by atomic mass is 32.2. The molecule has 2 atom stereocenters. The molecule has 1 nitrogen and oxygen atoms in total. The summed E-state index contributed by atoms with van der Waals surface area (Å²) in [7, 11) is 0. The highest BCUT2D eigenvalue weighted by molar-refractivity contribution is 8.01. The minimum absolute atomic E-state index is 0.209. The van der Waals surface area contributed by atoms with Crippen LogP contribution in [-0.2, 0) is 4.79 Å². The molecule has 0 aromatic heterocycles. The fraction of sp³-hybridized carbons (Fsp3) is 0.500. The lowest BCUT2D eigenvalue weighted by molar-refractivity contribution is -0.126. The molecule has 1 saturated carbocycles. The summed E-state index contributed by atoms with van der Waals surface area (Å²) in [5.74, 6) is 0.655. The first-order valence-corrected chi connectivity index (χ1v) is 6.72. The van der Waals surface area contributed by atoms with E-state index in [-0.39, 0.29) is 10.7 Å². The van der Waals surface area contributed by atoms with Crippen molar-refractivity contribution in [3.8, 4) is 0 Å². The van der Waals surface area contributed by atoms with E-state index < -0.39 is 0 Å². The highest BCUT2D eigenvalue weighted by Gasteiger charge is 2.39. The lowest BCUT2D eigenvalue weighted by Gasteiger charge is -2.34. The number of carbonyl (C=O) groups is 1. The molecule has 0 N–H and O–H groups in total. The molecule has 1 aromatic carbocycles. The number of Topliss-reactive ketones (excluding diaryl/α,β-unsaturated/α-hetero) is 1. The van der Waals surface area contributed by atoms with Crippen molar-refractivity contribution >= 4 is 17.5 Å². The van der Waals surface area contributed by atoms with Crippen LogP contribution in [0.5, 0.6) is 0 Å². The van der Waals surface area contributed by atoms with E-state index in [1.807, 2.05) is 18.2 Å². The molecule has 0 saturated heterocycles. The largest absolute Gasteiger partial charge is 0.298 e. The normalized spacial score (nSPS) is 30.4. The lowest BCUT2D eigenvalue weighted by atomic mass is 9.81. The average molecular weight is 234 g/mol. The lowest BCUT2D eigenvalue weighted by Crippen LogP contribution is -2.39. The zero-order valence-electron chi connectivity index (χ0n) is 9.90. The van der Waals surface area contributed by atoms with Crippen LogP contribution in [0, 0.1) is 5.92 Å². The van der Waals surface area contributed by atoms with Crippen LogP contribution in [-0.4, -0.2) is 10.5 Å². The molecule has 1 fully saturated rings. The Balaban J connectivity index is 2.16. The van der Waals surface area contributed by atoms with Gasteiger partial charge in [0.25, 0.3) is 0 Å². The van der Waals surface area contributed by atoms with Crippen LogP contribution in [0.4, 0.5) is 0 Å². The Morgan fingerprint density at radius 3 is 2.69 bits per heavy atom. The van der Waals surface area contributed by atoms with Gasteiger partial charge >= 0.3 is 0 Å². The van der Waals surface area contributed by atoms with Gasteiger partial charge < -0.3 is 0 Å². The standard InChI is InChI=1S/C14H18OS/c1-11-7-6-10-14(2,13(11)15)16-12-8-4-3-5-9-12/h3-5,8-9,11H,6-7,10H2,1-2H3/t11-,14+/m1/s1. The third-order valence-corrected chi connectivity index (χ3v) is 4.71. The Bertz CT molecular complexity index is 374. The van der Waals surface area contributed by atoms with Crippen molar-refractivity contribution < 1.29 is 4.79 Å². The first-order valence-electron chi connectivity index (χ1n) is 5.90. The molecule has 0 heterocycles. The third-order valence-electron chi connectivity index (χ3n) is 3.35. The summed E-state index contributed by atoms with van der Waals surface area (Å²) in [6.45, 7) is 4.16. The summed E-state index contributed by atoms with van der Waals surface area (Å²) in [6.07, 6.45) is 3.24. The fourth-order valence-electron chi connectivity index (χ4n) is 2.37. The third kappa shape index (κ3) is 2.32. The van der Waals surface area contributed by atoms with Gasteiger partial charge in [0.05, 0.1) is 4.75 Å². The first-order chi connectivity index (χ1) is 7.62.